The molecule has 0 aromatic heterocycles. The molecule has 8 nitrogen and oxygen atoms in total. The minimum atomic E-state index is -0.197. The summed E-state index contributed by atoms with van der Waals surface area (Å²) in [4.78, 5) is 23.0. The van der Waals surface area contributed by atoms with Crippen molar-refractivity contribution in [2.75, 3.05) is 25.5 Å². The van der Waals surface area contributed by atoms with Gasteiger partial charge in [0.05, 0.1) is 18.1 Å². The number of thioether (sulfide) groups is 1. The highest BCUT2D eigenvalue weighted by atomic mass is 32.2. The number of carbonyl (C=O) groups excluding carboxylic acids is 2. The van der Waals surface area contributed by atoms with E-state index in [-0.39, 0.29) is 24.5 Å². The maximum atomic E-state index is 11.9. The molecular weight excluding hydrogens is 356 g/mol. The van der Waals surface area contributed by atoms with Crippen LogP contribution in [0.1, 0.15) is 18.4 Å². The molecule has 1 unspecified atom stereocenters. The van der Waals surface area contributed by atoms with Gasteiger partial charge >= 0.3 is 0 Å². The van der Waals surface area contributed by atoms with Crippen LogP contribution in [0.2, 0.25) is 0 Å². The second-order valence-electron chi connectivity index (χ2n) is 5.75. The van der Waals surface area contributed by atoms with Gasteiger partial charge in [-0.3, -0.25) is 9.59 Å². The fourth-order valence-corrected chi connectivity index (χ4v) is 3.10. The van der Waals surface area contributed by atoms with Crippen molar-refractivity contribution in [3.8, 4) is 5.75 Å². The van der Waals surface area contributed by atoms with Crippen LogP contribution < -0.4 is 15.4 Å². The quantitative estimate of drug-likeness (QED) is 0.544. The zero-order chi connectivity index (χ0) is 18.2. The van der Waals surface area contributed by atoms with Crippen LogP contribution in [0.15, 0.2) is 34.5 Å². The molecule has 0 radical (unpaired) electrons. The van der Waals surface area contributed by atoms with E-state index >= 15 is 0 Å². The third-order valence-electron chi connectivity index (χ3n) is 3.76. The van der Waals surface area contributed by atoms with Crippen molar-refractivity contribution < 1.29 is 19.1 Å². The first-order chi connectivity index (χ1) is 12.7. The van der Waals surface area contributed by atoms with Crippen LogP contribution in [0.4, 0.5) is 0 Å². The lowest BCUT2D eigenvalue weighted by Gasteiger charge is -2.12. The molecule has 2 saturated heterocycles. The predicted octanol–water partition coefficient (Wildman–Crippen LogP) is 0.913. The van der Waals surface area contributed by atoms with Crippen LogP contribution in [0, 0.1) is 0 Å². The number of carbonyl (C=O) groups is 2. The average Bonchev–Trinajstić information content (AvgIpc) is 3.31. The molecule has 2 aliphatic rings. The molecule has 0 spiro atoms. The van der Waals surface area contributed by atoms with Crippen LogP contribution in [-0.2, 0) is 14.3 Å². The molecule has 1 aromatic rings. The van der Waals surface area contributed by atoms with Gasteiger partial charge in [-0.15, -0.1) is 5.10 Å². The topological polar surface area (TPSA) is 101 Å². The lowest BCUT2D eigenvalue weighted by atomic mass is 10.2. The highest BCUT2D eigenvalue weighted by Gasteiger charge is 2.17. The summed E-state index contributed by atoms with van der Waals surface area (Å²) in [5, 5.41) is 13.8. The Balaban J connectivity index is 1.50. The minimum Gasteiger partial charge on any atom is -0.483 e. The third kappa shape index (κ3) is 5.57. The van der Waals surface area contributed by atoms with Gasteiger partial charge in [0, 0.05) is 18.7 Å². The first-order valence-corrected chi connectivity index (χ1v) is 9.33. The maximum absolute atomic E-state index is 11.9. The van der Waals surface area contributed by atoms with Crippen molar-refractivity contribution >= 4 is 35.0 Å². The lowest BCUT2D eigenvalue weighted by Crippen LogP contribution is -2.35. The van der Waals surface area contributed by atoms with Gasteiger partial charge in [0.2, 0.25) is 5.91 Å². The molecule has 2 heterocycles. The lowest BCUT2D eigenvalue weighted by molar-refractivity contribution is -0.123. The number of nitrogens with zero attached hydrogens (tertiary/aromatic N) is 2. The van der Waals surface area contributed by atoms with E-state index in [1.807, 2.05) is 18.2 Å². The van der Waals surface area contributed by atoms with Crippen LogP contribution in [-0.4, -0.2) is 54.8 Å². The van der Waals surface area contributed by atoms with Crippen LogP contribution in [0.3, 0.4) is 0 Å². The van der Waals surface area contributed by atoms with Gasteiger partial charge in [0.1, 0.15) is 5.75 Å². The first-order valence-electron chi connectivity index (χ1n) is 8.34. The molecule has 1 atom stereocenters. The highest BCUT2D eigenvalue weighted by molar-refractivity contribution is 8.15. The molecule has 1 aromatic carbocycles. The molecule has 3 rings (SSSR count). The second kappa shape index (κ2) is 9.35. The molecule has 0 aliphatic carbocycles. The molecule has 2 aliphatic heterocycles. The average molecular weight is 376 g/mol. The Morgan fingerprint density at radius 2 is 2.35 bits per heavy atom. The Morgan fingerprint density at radius 1 is 1.46 bits per heavy atom. The van der Waals surface area contributed by atoms with Gasteiger partial charge in [0.15, 0.2) is 11.8 Å². The third-order valence-corrected chi connectivity index (χ3v) is 4.62. The zero-order valence-electron chi connectivity index (χ0n) is 14.1. The van der Waals surface area contributed by atoms with Gasteiger partial charge in [-0.1, -0.05) is 23.9 Å². The Kier molecular flexibility index (Phi) is 6.62. The van der Waals surface area contributed by atoms with Gasteiger partial charge in [-0.25, -0.2) is 0 Å². The van der Waals surface area contributed by atoms with Crippen molar-refractivity contribution in [1.82, 2.24) is 10.6 Å². The number of hydrogen-bond donors (Lipinski definition) is 2. The van der Waals surface area contributed by atoms with Crippen molar-refractivity contribution in [3.63, 3.8) is 0 Å². The molecule has 0 bridgehead atoms. The summed E-state index contributed by atoms with van der Waals surface area (Å²) in [5.41, 5.74) is 0.693. The number of amides is 2. The monoisotopic (exact) mass is 376 g/mol. The number of ether oxygens (including phenoxy) is 2. The number of para-hydroxylation sites is 1. The van der Waals surface area contributed by atoms with Crippen molar-refractivity contribution in [2.45, 2.75) is 18.9 Å². The van der Waals surface area contributed by atoms with Crippen LogP contribution in [0.5, 0.6) is 5.75 Å². The standard InChI is InChI=1S/C17H20N4O4S/c22-15(18-9-13-5-3-7-24-13)10-25-14-6-2-1-4-12(14)8-19-21-17-20-16(23)11-26-17/h1-2,4,6,8,13H,3,5,7,9-11H2,(H,18,22)(H,20,21,23). The van der Waals surface area contributed by atoms with Gasteiger partial charge in [-0.2, -0.15) is 5.10 Å². The van der Waals surface area contributed by atoms with E-state index in [1.54, 1.807) is 6.07 Å². The maximum Gasteiger partial charge on any atom is 0.258 e. The molecule has 9 heteroatoms. The highest BCUT2D eigenvalue weighted by Crippen LogP contribution is 2.16. The Morgan fingerprint density at radius 3 is 3.12 bits per heavy atom. The molecular formula is C17H20N4O4S. The predicted molar refractivity (Wildman–Crippen MR) is 99.6 cm³/mol. The van der Waals surface area contributed by atoms with E-state index in [0.717, 1.165) is 19.4 Å². The summed E-state index contributed by atoms with van der Waals surface area (Å²) in [6.07, 6.45) is 3.64. The summed E-state index contributed by atoms with van der Waals surface area (Å²) >= 11 is 1.30. The van der Waals surface area contributed by atoms with Gasteiger partial charge in [0.25, 0.3) is 5.91 Å². The largest absolute Gasteiger partial charge is 0.483 e. The number of rotatable bonds is 7. The summed E-state index contributed by atoms with van der Waals surface area (Å²) in [6, 6.07) is 7.22. The Labute approximate surface area is 155 Å². The number of nitrogens with one attached hydrogen (secondary N) is 2. The SMILES string of the molecule is O=C(COc1ccccc1C=NN=C1NC(=O)CS1)NCC1CCCO1. The smallest absolute Gasteiger partial charge is 0.258 e. The van der Waals surface area contributed by atoms with E-state index in [1.165, 1.54) is 18.0 Å². The van der Waals surface area contributed by atoms with Crippen molar-refractivity contribution in [2.24, 2.45) is 10.2 Å². The fourth-order valence-electron chi connectivity index (χ4n) is 2.47. The normalized spacial score (nSPS) is 21.3. The molecule has 26 heavy (non-hydrogen) atoms. The zero-order valence-corrected chi connectivity index (χ0v) is 15.0. The number of hydrogen-bond acceptors (Lipinski definition) is 7. The summed E-state index contributed by atoms with van der Waals surface area (Å²) in [6.45, 7) is 1.18. The van der Waals surface area contributed by atoms with Crippen molar-refractivity contribution in [1.29, 1.82) is 0 Å². The molecule has 2 fully saturated rings. The fraction of sp³-hybridized carbons (Fsp3) is 0.412. The second-order valence-corrected chi connectivity index (χ2v) is 6.72. The molecule has 2 N–H and O–H groups in total. The van der Waals surface area contributed by atoms with Crippen molar-refractivity contribution in [3.05, 3.63) is 29.8 Å². The van der Waals surface area contributed by atoms with Gasteiger partial charge in [-0.05, 0) is 25.0 Å². The van der Waals surface area contributed by atoms with Crippen LogP contribution in [0.25, 0.3) is 0 Å². The van der Waals surface area contributed by atoms with E-state index in [4.69, 9.17) is 9.47 Å². The summed E-state index contributed by atoms with van der Waals surface area (Å²) < 4.78 is 11.1. The number of amidine groups is 1. The molecule has 2 amide bonds. The van der Waals surface area contributed by atoms with Crippen LogP contribution >= 0.6 is 11.8 Å². The number of benzene rings is 1. The molecule has 0 saturated carbocycles. The Hall–Kier alpha value is -2.39. The summed E-state index contributed by atoms with van der Waals surface area (Å²) in [7, 11) is 0. The van der Waals surface area contributed by atoms with E-state index in [2.05, 4.69) is 20.8 Å². The van der Waals surface area contributed by atoms with E-state index in [9.17, 15) is 9.59 Å². The molecule has 138 valence electrons. The van der Waals surface area contributed by atoms with E-state index < -0.39 is 0 Å². The van der Waals surface area contributed by atoms with Gasteiger partial charge < -0.3 is 20.1 Å². The van der Waals surface area contributed by atoms with E-state index in [0.29, 0.717) is 28.8 Å². The first kappa shape index (κ1) is 18.4. The summed E-state index contributed by atoms with van der Waals surface area (Å²) in [5.74, 6) is 0.612. The Bertz CT molecular complexity index is 716. The minimum absolute atomic E-state index is 0.0818.